The zero-order valence-corrected chi connectivity index (χ0v) is 12.3. The smallest absolute Gasteiger partial charge is 0.0544 e. The maximum absolute atomic E-state index is 4.44. The Bertz CT molecular complexity index is 346. The second-order valence-corrected chi connectivity index (χ2v) is 5.62. The molecule has 0 bridgehead atoms. The molecule has 3 heteroatoms. The summed E-state index contributed by atoms with van der Waals surface area (Å²) in [6.45, 7) is 7.84. The number of hydrogen-bond acceptors (Lipinski definition) is 3. The van der Waals surface area contributed by atoms with Crippen molar-refractivity contribution < 1.29 is 0 Å². The molecule has 1 N–H and O–H groups in total. The van der Waals surface area contributed by atoms with Crippen LogP contribution < -0.4 is 5.32 Å². The van der Waals surface area contributed by atoms with Gasteiger partial charge < -0.3 is 5.32 Å². The van der Waals surface area contributed by atoms with Crippen molar-refractivity contribution in [3.8, 4) is 0 Å². The van der Waals surface area contributed by atoms with Gasteiger partial charge in [-0.15, -0.1) is 0 Å². The largest absolute Gasteiger partial charge is 0.314 e. The van der Waals surface area contributed by atoms with Crippen molar-refractivity contribution in [1.82, 2.24) is 15.2 Å². The molecule has 1 saturated heterocycles. The van der Waals surface area contributed by atoms with Crippen LogP contribution in [0.2, 0.25) is 0 Å². The minimum Gasteiger partial charge on any atom is -0.314 e. The number of nitrogens with one attached hydrogen (secondary N) is 1. The summed E-state index contributed by atoms with van der Waals surface area (Å²) in [5, 5.41) is 3.65. The highest BCUT2D eigenvalue weighted by atomic mass is 15.2. The Hall–Kier alpha value is -0.930. The average Bonchev–Trinajstić information content (AvgIpc) is 2.47. The first-order valence-corrected chi connectivity index (χ1v) is 7.67. The fourth-order valence-electron chi connectivity index (χ4n) is 2.97. The molecule has 3 nitrogen and oxygen atoms in total. The number of rotatable bonds is 6. The minimum atomic E-state index is 0.614. The molecule has 2 heterocycles. The van der Waals surface area contributed by atoms with Crippen LogP contribution in [0, 0.1) is 0 Å². The van der Waals surface area contributed by atoms with Crippen molar-refractivity contribution >= 4 is 0 Å². The van der Waals surface area contributed by atoms with E-state index in [1.54, 1.807) is 0 Å². The summed E-state index contributed by atoms with van der Waals surface area (Å²) >= 11 is 0. The third kappa shape index (κ3) is 4.59. The predicted octanol–water partition coefficient (Wildman–Crippen LogP) is 2.82. The molecule has 1 aliphatic heterocycles. The topological polar surface area (TPSA) is 28.2 Å². The lowest BCUT2D eigenvalue weighted by atomic mass is 9.98. The van der Waals surface area contributed by atoms with Gasteiger partial charge in [0.15, 0.2) is 0 Å². The molecule has 106 valence electrons. The van der Waals surface area contributed by atoms with E-state index in [0.717, 1.165) is 13.1 Å². The van der Waals surface area contributed by atoms with Gasteiger partial charge in [-0.3, -0.25) is 9.88 Å². The van der Waals surface area contributed by atoms with Gasteiger partial charge >= 0.3 is 0 Å². The molecule has 0 aliphatic carbocycles. The number of hydrogen-bond donors (Lipinski definition) is 1. The maximum atomic E-state index is 4.44. The van der Waals surface area contributed by atoms with E-state index in [-0.39, 0.29) is 0 Å². The Morgan fingerprint density at radius 3 is 2.95 bits per heavy atom. The van der Waals surface area contributed by atoms with Crippen LogP contribution in [0.25, 0.3) is 0 Å². The standard InChI is InChI=1S/C16H27N3/c1-3-19(13-16-9-5-7-11-18-16)14(2)12-15-8-4-6-10-17-15/h5,7,9,11,14-15,17H,3-4,6,8,10,12-13H2,1-2H3. The normalized spacial score (nSPS) is 21.5. The Morgan fingerprint density at radius 1 is 1.42 bits per heavy atom. The summed E-state index contributed by atoms with van der Waals surface area (Å²) in [5.41, 5.74) is 1.17. The van der Waals surface area contributed by atoms with Crippen molar-refractivity contribution in [3.63, 3.8) is 0 Å². The lowest BCUT2D eigenvalue weighted by molar-refractivity contribution is 0.178. The molecule has 0 aromatic carbocycles. The van der Waals surface area contributed by atoms with Crippen LogP contribution >= 0.6 is 0 Å². The number of piperidine rings is 1. The number of aromatic nitrogens is 1. The van der Waals surface area contributed by atoms with Gasteiger partial charge in [0.25, 0.3) is 0 Å². The quantitative estimate of drug-likeness (QED) is 0.853. The third-order valence-electron chi connectivity index (χ3n) is 4.16. The van der Waals surface area contributed by atoms with E-state index in [2.05, 4.69) is 41.2 Å². The summed E-state index contributed by atoms with van der Waals surface area (Å²) in [5.74, 6) is 0. The second-order valence-electron chi connectivity index (χ2n) is 5.62. The van der Waals surface area contributed by atoms with E-state index in [4.69, 9.17) is 0 Å². The van der Waals surface area contributed by atoms with Crippen molar-refractivity contribution in [2.45, 2.75) is 58.2 Å². The first kappa shape index (κ1) is 14.5. The average molecular weight is 261 g/mol. The highest BCUT2D eigenvalue weighted by molar-refractivity contribution is 5.03. The van der Waals surface area contributed by atoms with Gasteiger partial charge in [0.1, 0.15) is 0 Å². The minimum absolute atomic E-state index is 0.614. The molecule has 0 spiro atoms. The first-order valence-electron chi connectivity index (χ1n) is 7.67. The summed E-state index contributed by atoms with van der Waals surface area (Å²) in [4.78, 5) is 6.96. The lowest BCUT2D eigenvalue weighted by Crippen LogP contribution is -2.41. The zero-order valence-electron chi connectivity index (χ0n) is 12.3. The third-order valence-corrected chi connectivity index (χ3v) is 4.16. The van der Waals surface area contributed by atoms with Crippen LogP contribution in [-0.2, 0) is 6.54 Å². The van der Waals surface area contributed by atoms with Gasteiger partial charge in [-0.25, -0.2) is 0 Å². The maximum Gasteiger partial charge on any atom is 0.0544 e. The van der Waals surface area contributed by atoms with Gasteiger partial charge in [0.05, 0.1) is 5.69 Å². The zero-order chi connectivity index (χ0) is 13.5. The van der Waals surface area contributed by atoms with Crippen LogP contribution in [0.1, 0.15) is 45.2 Å². The molecule has 0 amide bonds. The van der Waals surface area contributed by atoms with E-state index < -0.39 is 0 Å². The van der Waals surface area contributed by atoms with E-state index >= 15 is 0 Å². The van der Waals surface area contributed by atoms with Gasteiger partial charge in [-0.2, -0.15) is 0 Å². The predicted molar refractivity (Wildman–Crippen MR) is 80.0 cm³/mol. The Balaban J connectivity index is 1.85. The van der Waals surface area contributed by atoms with E-state index in [9.17, 15) is 0 Å². The highest BCUT2D eigenvalue weighted by Crippen LogP contribution is 2.16. The van der Waals surface area contributed by atoms with E-state index in [1.165, 1.54) is 37.9 Å². The van der Waals surface area contributed by atoms with Crippen molar-refractivity contribution in [1.29, 1.82) is 0 Å². The van der Waals surface area contributed by atoms with Crippen molar-refractivity contribution in [2.24, 2.45) is 0 Å². The molecule has 0 saturated carbocycles. The molecule has 1 aromatic rings. The van der Waals surface area contributed by atoms with Crippen LogP contribution in [0.3, 0.4) is 0 Å². The van der Waals surface area contributed by atoms with Crippen LogP contribution in [0.5, 0.6) is 0 Å². The SMILES string of the molecule is CCN(Cc1ccccn1)C(C)CC1CCCCN1. The molecule has 2 atom stereocenters. The number of pyridine rings is 1. The summed E-state index contributed by atoms with van der Waals surface area (Å²) in [6, 6.07) is 7.50. The monoisotopic (exact) mass is 261 g/mol. The molecule has 2 rings (SSSR count). The molecule has 1 aromatic heterocycles. The molecular weight excluding hydrogens is 234 g/mol. The molecule has 1 aliphatic rings. The first-order chi connectivity index (χ1) is 9.29. The molecular formula is C16H27N3. The van der Waals surface area contributed by atoms with Crippen molar-refractivity contribution in [3.05, 3.63) is 30.1 Å². The van der Waals surface area contributed by atoms with Gasteiger partial charge in [-0.1, -0.05) is 19.4 Å². The molecule has 0 radical (unpaired) electrons. The molecule has 2 unspecified atom stereocenters. The van der Waals surface area contributed by atoms with Crippen LogP contribution in [0.15, 0.2) is 24.4 Å². The summed E-state index contributed by atoms with van der Waals surface area (Å²) in [6.07, 6.45) is 7.20. The Labute approximate surface area is 117 Å². The summed E-state index contributed by atoms with van der Waals surface area (Å²) in [7, 11) is 0. The van der Waals surface area contributed by atoms with E-state index in [1.807, 2.05) is 12.3 Å². The van der Waals surface area contributed by atoms with Crippen molar-refractivity contribution in [2.75, 3.05) is 13.1 Å². The summed E-state index contributed by atoms with van der Waals surface area (Å²) < 4.78 is 0. The fourth-order valence-corrected chi connectivity index (χ4v) is 2.97. The van der Waals surface area contributed by atoms with Crippen LogP contribution in [-0.4, -0.2) is 35.1 Å². The fraction of sp³-hybridized carbons (Fsp3) is 0.688. The van der Waals surface area contributed by atoms with E-state index in [0.29, 0.717) is 12.1 Å². The highest BCUT2D eigenvalue weighted by Gasteiger charge is 2.19. The molecule has 1 fully saturated rings. The Morgan fingerprint density at radius 2 is 2.32 bits per heavy atom. The second kappa shape index (κ2) is 7.61. The Kier molecular flexibility index (Phi) is 5.80. The van der Waals surface area contributed by atoms with Crippen LogP contribution in [0.4, 0.5) is 0 Å². The van der Waals surface area contributed by atoms with Gasteiger partial charge in [-0.05, 0) is 51.4 Å². The lowest BCUT2D eigenvalue weighted by Gasteiger charge is -2.32. The number of nitrogens with zero attached hydrogens (tertiary/aromatic N) is 2. The van der Waals surface area contributed by atoms with Gasteiger partial charge in [0, 0.05) is 24.8 Å². The molecule has 19 heavy (non-hydrogen) atoms. The van der Waals surface area contributed by atoms with Gasteiger partial charge in [0.2, 0.25) is 0 Å².